The van der Waals surface area contributed by atoms with E-state index in [2.05, 4.69) is 18.2 Å². The van der Waals surface area contributed by atoms with Crippen LogP contribution in [0.3, 0.4) is 0 Å². The number of rotatable bonds is 2. The molecule has 0 radical (unpaired) electrons. The zero-order valence-corrected chi connectivity index (χ0v) is 8.03. The number of allylic oxidation sites excluding steroid dienone is 4. The minimum Gasteiger partial charge on any atom is -0.301 e. The van der Waals surface area contributed by atoms with Crippen molar-refractivity contribution in [3.63, 3.8) is 0 Å². The number of benzene rings is 1. The summed E-state index contributed by atoms with van der Waals surface area (Å²) in [6.45, 7) is 0. The molecular formula is C13H13N. The van der Waals surface area contributed by atoms with Crippen LogP contribution in [0.5, 0.6) is 0 Å². The lowest BCUT2D eigenvalue weighted by molar-refractivity contribution is 1.17. The third-order valence-corrected chi connectivity index (χ3v) is 2.37. The molecular weight excluding hydrogens is 170 g/mol. The molecule has 0 saturated carbocycles. The van der Waals surface area contributed by atoms with Gasteiger partial charge in [-0.15, -0.1) is 0 Å². The van der Waals surface area contributed by atoms with Crippen molar-refractivity contribution in [3.05, 3.63) is 59.7 Å². The lowest BCUT2D eigenvalue weighted by Gasteiger charge is -2.09. The average Bonchev–Trinajstić information content (AvgIpc) is 2.23. The molecule has 1 aromatic rings. The smallest absolute Gasteiger partial charge is 0.0569 e. The summed E-state index contributed by atoms with van der Waals surface area (Å²) < 4.78 is 0. The largest absolute Gasteiger partial charge is 0.301 e. The molecule has 1 heteroatoms. The second-order valence-electron chi connectivity index (χ2n) is 3.44. The molecule has 0 aliphatic heterocycles. The highest BCUT2D eigenvalue weighted by molar-refractivity contribution is 6.07. The molecule has 1 aliphatic rings. The van der Waals surface area contributed by atoms with E-state index in [1.54, 1.807) is 0 Å². The molecule has 1 aromatic carbocycles. The molecule has 14 heavy (non-hydrogen) atoms. The summed E-state index contributed by atoms with van der Waals surface area (Å²) in [7, 11) is 0. The Balaban J connectivity index is 2.12. The summed E-state index contributed by atoms with van der Waals surface area (Å²) in [6, 6.07) is 10.3. The van der Waals surface area contributed by atoms with Gasteiger partial charge in [0.15, 0.2) is 0 Å². The first-order valence-electron chi connectivity index (χ1n) is 4.84. The zero-order chi connectivity index (χ0) is 9.80. The maximum Gasteiger partial charge on any atom is 0.0569 e. The van der Waals surface area contributed by atoms with Gasteiger partial charge in [0, 0.05) is 0 Å². The van der Waals surface area contributed by atoms with Crippen molar-refractivity contribution >= 4 is 5.71 Å². The van der Waals surface area contributed by atoms with Gasteiger partial charge in [-0.2, -0.15) is 0 Å². The van der Waals surface area contributed by atoms with Crippen LogP contribution in [0.2, 0.25) is 0 Å². The van der Waals surface area contributed by atoms with E-state index in [4.69, 9.17) is 5.41 Å². The van der Waals surface area contributed by atoms with Crippen LogP contribution in [0.15, 0.2) is 54.1 Å². The molecule has 1 nitrogen and oxygen atoms in total. The van der Waals surface area contributed by atoms with Crippen LogP contribution in [0.4, 0.5) is 0 Å². The zero-order valence-electron chi connectivity index (χ0n) is 8.03. The molecule has 0 bridgehead atoms. The van der Waals surface area contributed by atoms with Crippen molar-refractivity contribution in [2.45, 2.75) is 12.8 Å². The maximum absolute atomic E-state index is 7.74. The molecule has 1 N–H and O–H groups in total. The monoisotopic (exact) mass is 183 g/mol. The van der Waals surface area contributed by atoms with Crippen LogP contribution >= 0.6 is 0 Å². The van der Waals surface area contributed by atoms with Crippen LogP contribution < -0.4 is 0 Å². The Morgan fingerprint density at radius 3 is 2.64 bits per heavy atom. The summed E-state index contributed by atoms with van der Waals surface area (Å²) in [5.41, 5.74) is 3.07. The van der Waals surface area contributed by atoms with E-state index in [1.807, 2.05) is 30.4 Å². The molecule has 2 rings (SSSR count). The first-order valence-corrected chi connectivity index (χ1v) is 4.84. The van der Waals surface area contributed by atoms with Crippen molar-refractivity contribution in [2.24, 2.45) is 0 Å². The average molecular weight is 183 g/mol. The van der Waals surface area contributed by atoms with E-state index in [-0.39, 0.29) is 0 Å². The first kappa shape index (κ1) is 8.95. The second kappa shape index (κ2) is 4.05. The predicted octanol–water partition coefficient (Wildman–Crippen LogP) is 3.14. The fourth-order valence-electron chi connectivity index (χ4n) is 1.60. The third kappa shape index (κ3) is 1.99. The molecule has 0 fully saturated rings. The Hall–Kier alpha value is -1.63. The van der Waals surface area contributed by atoms with Gasteiger partial charge in [0.05, 0.1) is 5.71 Å². The quantitative estimate of drug-likeness (QED) is 0.728. The van der Waals surface area contributed by atoms with Gasteiger partial charge in [0.2, 0.25) is 0 Å². The van der Waals surface area contributed by atoms with Gasteiger partial charge in [-0.3, -0.25) is 0 Å². The van der Waals surface area contributed by atoms with Gasteiger partial charge in [-0.25, -0.2) is 0 Å². The van der Waals surface area contributed by atoms with Gasteiger partial charge >= 0.3 is 0 Å². The van der Waals surface area contributed by atoms with Crippen molar-refractivity contribution in [3.8, 4) is 0 Å². The van der Waals surface area contributed by atoms with Crippen LogP contribution in [0.25, 0.3) is 0 Å². The SMILES string of the molecule is N=C1C=CCC=C1Cc1ccccc1. The van der Waals surface area contributed by atoms with E-state index in [0.717, 1.165) is 18.4 Å². The molecule has 0 saturated heterocycles. The van der Waals surface area contributed by atoms with E-state index in [9.17, 15) is 0 Å². The highest BCUT2D eigenvalue weighted by Crippen LogP contribution is 2.13. The lowest BCUT2D eigenvalue weighted by Crippen LogP contribution is -2.04. The van der Waals surface area contributed by atoms with Crippen molar-refractivity contribution in [2.75, 3.05) is 0 Å². The highest BCUT2D eigenvalue weighted by Gasteiger charge is 2.05. The minimum absolute atomic E-state index is 0.653. The van der Waals surface area contributed by atoms with Gasteiger partial charge in [0.25, 0.3) is 0 Å². The van der Waals surface area contributed by atoms with E-state index in [1.165, 1.54) is 5.56 Å². The normalized spacial score (nSPS) is 15.4. The second-order valence-corrected chi connectivity index (χ2v) is 3.44. The molecule has 0 heterocycles. The predicted molar refractivity (Wildman–Crippen MR) is 59.7 cm³/mol. The lowest BCUT2D eigenvalue weighted by atomic mass is 9.97. The summed E-state index contributed by atoms with van der Waals surface area (Å²) in [5.74, 6) is 0. The van der Waals surface area contributed by atoms with Crippen LogP contribution in [0, 0.1) is 5.41 Å². The summed E-state index contributed by atoms with van der Waals surface area (Å²) >= 11 is 0. The van der Waals surface area contributed by atoms with E-state index < -0.39 is 0 Å². The summed E-state index contributed by atoms with van der Waals surface area (Å²) in [5, 5.41) is 7.74. The van der Waals surface area contributed by atoms with Gasteiger partial charge < -0.3 is 5.41 Å². The fraction of sp³-hybridized carbons (Fsp3) is 0.154. The van der Waals surface area contributed by atoms with Gasteiger partial charge in [-0.1, -0.05) is 42.5 Å². The van der Waals surface area contributed by atoms with Crippen molar-refractivity contribution in [1.82, 2.24) is 0 Å². The molecule has 70 valence electrons. The molecule has 0 aromatic heterocycles. The minimum atomic E-state index is 0.653. The van der Waals surface area contributed by atoms with Crippen LogP contribution in [-0.2, 0) is 6.42 Å². The Labute approximate surface area is 84.3 Å². The molecule has 0 unspecified atom stereocenters. The standard InChI is InChI=1S/C13H13N/c14-13-9-5-4-8-12(13)10-11-6-2-1-3-7-11/h1-3,5-9,14H,4,10H2. The Morgan fingerprint density at radius 1 is 1.14 bits per heavy atom. The molecule has 1 aliphatic carbocycles. The Kier molecular flexibility index (Phi) is 2.59. The Bertz CT molecular complexity index is 385. The van der Waals surface area contributed by atoms with Crippen LogP contribution in [-0.4, -0.2) is 5.71 Å². The molecule has 0 amide bonds. The highest BCUT2D eigenvalue weighted by atomic mass is 14.4. The van der Waals surface area contributed by atoms with E-state index >= 15 is 0 Å². The van der Waals surface area contributed by atoms with Gasteiger partial charge in [-0.05, 0) is 30.1 Å². The van der Waals surface area contributed by atoms with Crippen molar-refractivity contribution in [1.29, 1.82) is 5.41 Å². The molecule has 0 atom stereocenters. The van der Waals surface area contributed by atoms with Gasteiger partial charge in [0.1, 0.15) is 0 Å². The first-order chi connectivity index (χ1) is 6.86. The van der Waals surface area contributed by atoms with E-state index in [0.29, 0.717) is 5.71 Å². The van der Waals surface area contributed by atoms with Crippen LogP contribution in [0.1, 0.15) is 12.0 Å². The Morgan fingerprint density at radius 2 is 1.93 bits per heavy atom. The topological polar surface area (TPSA) is 23.9 Å². The number of hydrogen-bond donors (Lipinski definition) is 1. The number of nitrogens with one attached hydrogen (secondary N) is 1. The summed E-state index contributed by atoms with van der Waals surface area (Å²) in [4.78, 5) is 0. The summed E-state index contributed by atoms with van der Waals surface area (Å²) in [6.07, 6.45) is 7.89. The maximum atomic E-state index is 7.74. The fourth-order valence-corrected chi connectivity index (χ4v) is 1.60. The van der Waals surface area contributed by atoms with Crippen molar-refractivity contribution < 1.29 is 0 Å². The third-order valence-electron chi connectivity index (χ3n) is 2.37. The number of hydrogen-bond acceptors (Lipinski definition) is 1. The molecule has 0 spiro atoms.